The van der Waals surface area contributed by atoms with Gasteiger partial charge in [0.25, 0.3) is 5.91 Å². The van der Waals surface area contributed by atoms with E-state index in [2.05, 4.69) is 0 Å². The molecule has 1 aliphatic rings. The van der Waals surface area contributed by atoms with Crippen molar-refractivity contribution >= 4 is 23.0 Å². The van der Waals surface area contributed by atoms with Crippen molar-refractivity contribution in [2.75, 3.05) is 20.3 Å². The number of hydrogen-bond donors (Lipinski definition) is 1. The zero-order valence-electron chi connectivity index (χ0n) is 14.0. The van der Waals surface area contributed by atoms with E-state index in [0.29, 0.717) is 19.6 Å². The van der Waals surface area contributed by atoms with Crippen molar-refractivity contribution in [1.82, 2.24) is 4.90 Å². The third kappa shape index (κ3) is 3.33. The van der Waals surface area contributed by atoms with Gasteiger partial charge in [0.05, 0.1) is 11.6 Å². The Kier molecular flexibility index (Phi) is 5.59. The second kappa shape index (κ2) is 7.27. The number of thiophene rings is 1. The number of aryl methyl sites for hydroxylation is 1. The van der Waals surface area contributed by atoms with Crippen LogP contribution in [0.1, 0.15) is 36.8 Å². The number of aliphatic hydroxyl groups excluding tert-OH is 1. The van der Waals surface area contributed by atoms with Gasteiger partial charge in [-0.3, -0.25) is 9.59 Å². The quantitative estimate of drug-likeness (QED) is 0.777. The zero-order valence-corrected chi connectivity index (χ0v) is 14.8. The molecular weight excluding hydrogens is 314 g/mol. The smallest absolute Gasteiger partial charge is 0.290 e. The molecule has 126 valence electrons. The lowest BCUT2D eigenvalue weighted by Crippen LogP contribution is -2.32. The lowest BCUT2D eigenvalue weighted by Gasteiger charge is -2.26. The highest BCUT2D eigenvalue weighted by molar-refractivity contribution is 7.10. The van der Waals surface area contributed by atoms with Crippen molar-refractivity contribution < 1.29 is 19.4 Å². The Balaban J connectivity index is 2.44. The number of methoxy groups -OCH3 is 1. The number of ketones is 1. The van der Waals surface area contributed by atoms with E-state index in [4.69, 9.17) is 4.74 Å². The number of nitrogens with zero attached hydrogens (tertiary/aromatic N) is 1. The van der Waals surface area contributed by atoms with Crippen LogP contribution in [0.4, 0.5) is 0 Å². The van der Waals surface area contributed by atoms with E-state index in [1.54, 1.807) is 25.9 Å². The maximum atomic E-state index is 12.6. The molecule has 0 fully saturated rings. The van der Waals surface area contributed by atoms with E-state index >= 15 is 0 Å². The molecule has 0 radical (unpaired) electrons. The Morgan fingerprint density at radius 2 is 2.17 bits per heavy atom. The molecule has 6 heteroatoms. The molecule has 2 rings (SSSR count). The predicted molar refractivity (Wildman–Crippen MR) is 89.5 cm³/mol. The summed E-state index contributed by atoms with van der Waals surface area (Å²) in [5.74, 6) is -1.33. The highest BCUT2D eigenvalue weighted by atomic mass is 32.1. The van der Waals surface area contributed by atoms with E-state index in [-0.39, 0.29) is 17.3 Å². The number of amides is 1. The van der Waals surface area contributed by atoms with Gasteiger partial charge in [0.15, 0.2) is 11.5 Å². The molecule has 5 nitrogen and oxygen atoms in total. The number of Topliss-reactive ketones (excluding diaryl/α,β-unsaturated/α-hetero) is 1. The molecule has 1 aliphatic heterocycles. The van der Waals surface area contributed by atoms with Crippen LogP contribution >= 0.6 is 11.3 Å². The van der Waals surface area contributed by atoms with Crippen molar-refractivity contribution in [2.24, 2.45) is 5.92 Å². The normalized spacial score (nSPS) is 18.4. The fourth-order valence-electron chi connectivity index (χ4n) is 2.76. The summed E-state index contributed by atoms with van der Waals surface area (Å²) < 4.78 is 5.05. The Labute approximate surface area is 140 Å². The third-order valence-electron chi connectivity index (χ3n) is 3.99. The summed E-state index contributed by atoms with van der Waals surface area (Å²) >= 11 is 1.50. The summed E-state index contributed by atoms with van der Waals surface area (Å²) in [6, 6.07) is 1.47. The topological polar surface area (TPSA) is 66.8 Å². The summed E-state index contributed by atoms with van der Waals surface area (Å²) in [4.78, 5) is 27.6. The Hall–Kier alpha value is -1.66. The maximum Gasteiger partial charge on any atom is 0.290 e. The summed E-state index contributed by atoms with van der Waals surface area (Å²) in [7, 11) is 1.61. The van der Waals surface area contributed by atoms with Gasteiger partial charge < -0.3 is 14.7 Å². The maximum absolute atomic E-state index is 12.6. The summed E-state index contributed by atoms with van der Waals surface area (Å²) in [6.45, 7) is 6.47. The first kappa shape index (κ1) is 17.7. The Morgan fingerprint density at radius 3 is 2.70 bits per heavy atom. The summed E-state index contributed by atoms with van der Waals surface area (Å²) in [5.41, 5.74) is 1.25. The molecule has 1 N–H and O–H groups in total. The highest BCUT2D eigenvalue weighted by Crippen LogP contribution is 2.42. The fraction of sp³-hybridized carbons (Fsp3) is 0.529. The van der Waals surface area contributed by atoms with Crippen LogP contribution < -0.4 is 0 Å². The molecule has 0 saturated carbocycles. The van der Waals surface area contributed by atoms with Gasteiger partial charge in [-0.15, -0.1) is 11.3 Å². The first-order valence-corrected chi connectivity index (χ1v) is 8.59. The van der Waals surface area contributed by atoms with Gasteiger partial charge in [-0.2, -0.15) is 0 Å². The van der Waals surface area contributed by atoms with E-state index in [9.17, 15) is 14.7 Å². The second-order valence-electron chi connectivity index (χ2n) is 6.00. The molecular formula is C17H23NO4S. The first-order chi connectivity index (χ1) is 10.9. The molecule has 2 heterocycles. The third-order valence-corrected chi connectivity index (χ3v) is 5.06. The minimum atomic E-state index is -0.491. The molecule has 1 aromatic heterocycles. The number of rotatable bonds is 7. The van der Waals surface area contributed by atoms with Gasteiger partial charge in [-0.1, -0.05) is 13.8 Å². The van der Waals surface area contributed by atoms with Crippen LogP contribution in [-0.4, -0.2) is 42.0 Å². The largest absolute Gasteiger partial charge is 0.503 e. The molecule has 0 saturated heterocycles. The Bertz CT molecular complexity index is 632. The van der Waals surface area contributed by atoms with Gasteiger partial charge in [-0.05, 0) is 30.4 Å². The number of carbonyl (C=O) groups excluding carboxylic acids is 2. The molecule has 1 unspecified atom stereocenters. The Morgan fingerprint density at radius 1 is 1.48 bits per heavy atom. The van der Waals surface area contributed by atoms with Crippen LogP contribution in [-0.2, 0) is 14.3 Å². The second-order valence-corrected chi connectivity index (χ2v) is 6.94. The zero-order chi connectivity index (χ0) is 17.1. The van der Waals surface area contributed by atoms with Crippen molar-refractivity contribution in [3.63, 3.8) is 0 Å². The predicted octanol–water partition coefficient (Wildman–Crippen LogP) is 3.01. The molecule has 1 aromatic rings. The van der Waals surface area contributed by atoms with Crippen LogP contribution in [0.5, 0.6) is 0 Å². The van der Waals surface area contributed by atoms with E-state index in [1.165, 1.54) is 11.3 Å². The average molecular weight is 337 g/mol. The van der Waals surface area contributed by atoms with Gasteiger partial charge in [0, 0.05) is 31.1 Å². The van der Waals surface area contributed by atoms with E-state index in [1.807, 2.05) is 18.4 Å². The van der Waals surface area contributed by atoms with E-state index in [0.717, 1.165) is 10.4 Å². The molecule has 1 amide bonds. The fourth-order valence-corrected chi connectivity index (χ4v) is 3.81. The van der Waals surface area contributed by atoms with Crippen LogP contribution in [0.3, 0.4) is 0 Å². The van der Waals surface area contributed by atoms with Crippen molar-refractivity contribution in [1.29, 1.82) is 0 Å². The van der Waals surface area contributed by atoms with Crippen LogP contribution in [0, 0.1) is 12.8 Å². The molecule has 0 aromatic carbocycles. The minimum Gasteiger partial charge on any atom is -0.503 e. The number of ether oxygens (including phenoxy) is 1. The van der Waals surface area contributed by atoms with Gasteiger partial charge in [-0.25, -0.2) is 0 Å². The van der Waals surface area contributed by atoms with Crippen LogP contribution in [0.15, 0.2) is 22.8 Å². The summed E-state index contributed by atoms with van der Waals surface area (Å²) in [6.07, 6.45) is 0.652. The summed E-state index contributed by atoms with van der Waals surface area (Å²) in [5, 5.41) is 12.2. The lowest BCUT2D eigenvalue weighted by atomic mass is 9.93. The SMILES string of the molecule is COCCCN1C(=O)C(O)=C(C(=O)C(C)C)C1c1sccc1C. The molecule has 0 bridgehead atoms. The standard InChI is InChI=1S/C17H23NO4S/c1-10(2)14(19)12-13(16-11(3)6-9-23-16)18(7-5-8-22-4)17(21)15(12)20/h6,9-10,13,20H,5,7-8H2,1-4H3. The van der Waals surface area contributed by atoms with Gasteiger partial charge in [0.2, 0.25) is 0 Å². The van der Waals surface area contributed by atoms with Gasteiger partial charge >= 0.3 is 0 Å². The average Bonchev–Trinajstić information content (AvgIpc) is 3.02. The molecule has 23 heavy (non-hydrogen) atoms. The minimum absolute atomic E-state index is 0.178. The van der Waals surface area contributed by atoms with Gasteiger partial charge in [0.1, 0.15) is 0 Å². The van der Waals surface area contributed by atoms with Crippen LogP contribution in [0.25, 0.3) is 0 Å². The van der Waals surface area contributed by atoms with Crippen molar-refractivity contribution in [3.8, 4) is 0 Å². The van der Waals surface area contributed by atoms with Crippen LogP contribution in [0.2, 0.25) is 0 Å². The molecule has 0 spiro atoms. The molecule has 0 aliphatic carbocycles. The number of hydrogen-bond acceptors (Lipinski definition) is 5. The van der Waals surface area contributed by atoms with Crippen molar-refractivity contribution in [3.05, 3.63) is 33.2 Å². The first-order valence-electron chi connectivity index (χ1n) is 7.71. The number of aliphatic hydroxyl groups is 1. The monoisotopic (exact) mass is 337 g/mol. The number of carbonyl (C=O) groups is 2. The lowest BCUT2D eigenvalue weighted by molar-refractivity contribution is -0.129. The van der Waals surface area contributed by atoms with E-state index < -0.39 is 17.7 Å². The molecule has 1 atom stereocenters. The highest BCUT2D eigenvalue weighted by Gasteiger charge is 2.44. The van der Waals surface area contributed by atoms with Crippen molar-refractivity contribution in [2.45, 2.75) is 33.2 Å².